The molecule has 9 heteroatoms. The van der Waals surface area contributed by atoms with Crippen LogP contribution in [-0.4, -0.2) is 65.6 Å². The van der Waals surface area contributed by atoms with Gasteiger partial charge in [-0.2, -0.15) is 5.10 Å². The third-order valence-electron chi connectivity index (χ3n) is 6.04. The Hall–Kier alpha value is -3.04. The molecule has 4 heterocycles. The molecule has 8 nitrogen and oxygen atoms in total. The van der Waals surface area contributed by atoms with Gasteiger partial charge < -0.3 is 20.3 Å². The molecule has 0 atom stereocenters. The van der Waals surface area contributed by atoms with E-state index in [2.05, 4.69) is 26.9 Å². The maximum Gasteiger partial charge on any atom is 0.293 e. The summed E-state index contributed by atoms with van der Waals surface area (Å²) in [6, 6.07) is 9.55. The Kier molecular flexibility index (Phi) is 6.12. The van der Waals surface area contributed by atoms with Crippen molar-refractivity contribution in [1.29, 1.82) is 0 Å². The van der Waals surface area contributed by atoms with Crippen molar-refractivity contribution in [3.63, 3.8) is 0 Å². The van der Waals surface area contributed by atoms with Gasteiger partial charge in [0.2, 0.25) is 0 Å². The molecule has 2 saturated heterocycles. The predicted molar refractivity (Wildman–Crippen MR) is 124 cm³/mol. The van der Waals surface area contributed by atoms with Crippen LogP contribution in [0.5, 0.6) is 0 Å². The summed E-state index contributed by atoms with van der Waals surface area (Å²) in [5.74, 6) is 0.0396. The number of nitrogen functional groups attached to an aromatic ring is 1. The van der Waals surface area contributed by atoms with Crippen LogP contribution in [-0.2, 0) is 16.1 Å². The molecule has 0 bridgehead atoms. The Bertz CT molecular complexity index is 1130. The summed E-state index contributed by atoms with van der Waals surface area (Å²) in [6.45, 7) is 8.56. The van der Waals surface area contributed by atoms with Crippen LogP contribution in [0.3, 0.4) is 0 Å². The second-order valence-electron chi connectivity index (χ2n) is 8.66. The molecule has 2 aliphatic heterocycles. The fraction of sp³-hybridized carbons (Fsp3) is 0.391. The lowest BCUT2D eigenvalue weighted by molar-refractivity contribution is -0.129. The van der Waals surface area contributed by atoms with E-state index in [0.29, 0.717) is 29.1 Å². The van der Waals surface area contributed by atoms with Crippen LogP contribution in [0.4, 0.5) is 5.69 Å². The Morgan fingerprint density at radius 1 is 1.19 bits per heavy atom. The highest BCUT2D eigenvalue weighted by atomic mass is 32.1. The molecule has 5 rings (SSSR count). The number of amides is 1. The van der Waals surface area contributed by atoms with Gasteiger partial charge in [0, 0.05) is 37.0 Å². The summed E-state index contributed by atoms with van der Waals surface area (Å²) in [5, 5.41) is 9.20. The highest BCUT2D eigenvalue weighted by Gasteiger charge is 2.52. The first-order valence-corrected chi connectivity index (χ1v) is 11.2. The summed E-state index contributed by atoms with van der Waals surface area (Å²) >= 11 is 1.36. The van der Waals surface area contributed by atoms with Crippen molar-refractivity contribution in [3.05, 3.63) is 52.0 Å². The van der Waals surface area contributed by atoms with E-state index in [1.165, 1.54) is 11.3 Å². The second kappa shape index (κ2) is 8.84. The highest BCUT2D eigenvalue weighted by Crippen LogP contribution is 2.42. The van der Waals surface area contributed by atoms with Gasteiger partial charge in [-0.25, -0.2) is 0 Å². The number of benzene rings is 1. The SMILES string of the molecule is Cc1nnc2sc(C(=O)N3CC4(CN(C)C4)C3)c(N)c2c1C.O=COCc1ccccc1. The van der Waals surface area contributed by atoms with Gasteiger partial charge in [-0.15, -0.1) is 16.4 Å². The number of rotatable bonds is 4. The number of nitrogens with zero attached hydrogens (tertiary/aromatic N) is 4. The van der Waals surface area contributed by atoms with Crippen molar-refractivity contribution in [3.8, 4) is 0 Å². The van der Waals surface area contributed by atoms with Gasteiger partial charge in [0.25, 0.3) is 12.4 Å². The topological polar surface area (TPSA) is 102 Å². The summed E-state index contributed by atoms with van der Waals surface area (Å²) < 4.78 is 4.54. The summed E-state index contributed by atoms with van der Waals surface area (Å²) in [7, 11) is 2.11. The van der Waals surface area contributed by atoms with Crippen LogP contribution in [0.15, 0.2) is 30.3 Å². The van der Waals surface area contributed by atoms with Crippen molar-refractivity contribution in [2.24, 2.45) is 5.41 Å². The fourth-order valence-electron chi connectivity index (χ4n) is 4.45. The number of thiophene rings is 1. The van der Waals surface area contributed by atoms with E-state index in [1.54, 1.807) is 0 Å². The lowest BCUT2D eigenvalue weighted by Gasteiger charge is -2.59. The number of aryl methyl sites for hydroxylation is 2. The fourth-order valence-corrected chi connectivity index (χ4v) is 5.52. The number of hydrogen-bond donors (Lipinski definition) is 1. The number of carbonyl (C=O) groups excluding carboxylic acids is 2. The zero-order valence-corrected chi connectivity index (χ0v) is 19.3. The molecule has 0 aliphatic carbocycles. The maximum atomic E-state index is 12.7. The largest absolute Gasteiger partial charge is 0.463 e. The normalized spacial score (nSPS) is 16.7. The third kappa shape index (κ3) is 4.18. The van der Waals surface area contributed by atoms with Crippen molar-refractivity contribution < 1.29 is 14.3 Å². The first kappa shape index (κ1) is 22.2. The molecule has 2 N–H and O–H groups in total. The van der Waals surface area contributed by atoms with Gasteiger partial charge >= 0.3 is 0 Å². The maximum absolute atomic E-state index is 12.7. The van der Waals surface area contributed by atoms with E-state index in [-0.39, 0.29) is 5.91 Å². The average molecular weight is 454 g/mol. The minimum Gasteiger partial charge on any atom is -0.463 e. The molecule has 3 aromatic rings. The van der Waals surface area contributed by atoms with Gasteiger partial charge in [-0.05, 0) is 32.0 Å². The van der Waals surface area contributed by atoms with Gasteiger partial charge in [0.05, 0.1) is 11.4 Å². The van der Waals surface area contributed by atoms with E-state index < -0.39 is 0 Å². The van der Waals surface area contributed by atoms with Crippen LogP contribution in [0.25, 0.3) is 10.2 Å². The smallest absolute Gasteiger partial charge is 0.293 e. The van der Waals surface area contributed by atoms with E-state index >= 15 is 0 Å². The molecular formula is C23H27N5O3S. The van der Waals surface area contributed by atoms with Crippen LogP contribution < -0.4 is 5.73 Å². The second-order valence-corrected chi connectivity index (χ2v) is 9.66. The van der Waals surface area contributed by atoms with Crippen LogP contribution in [0.2, 0.25) is 0 Å². The molecule has 32 heavy (non-hydrogen) atoms. The van der Waals surface area contributed by atoms with Gasteiger partial charge in [0.1, 0.15) is 16.3 Å². The Morgan fingerprint density at radius 3 is 2.50 bits per heavy atom. The lowest BCUT2D eigenvalue weighted by atomic mass is 9.73. The molecule has 1 spiro atoms. The summed E-state index contributed by atoms with van der Waals surface area (Å²) in [6.07, 6.45) is 0. The molecular weight excluding hydrogens is 426 g/mol. The zero-order chi connectivity index (χ0) is 22.9. The van der Waals surface area contributed by atoms with Crippen molar-refractivity contribution >= 4 is 39.6 Å². The third-order valence-corrected chi connectivity index (χ3v) is 7.12. The Balaban J connectivity index is 0.000000207. The zero-order valence-electron chi connectivity index (χ0n) is 18.5. The van der Waals surface area contributed by atoms with Crippen molar-refractivity contribution in [2.45, 2.75) is 20.5 Å². The lowest BCUT2D eigenvalue weighted by Crippen LogP contribution is -2.71. The predicted octanol–water partition coefficient (Wildman–Crippen LogP) is 2.64. The van der Waals surface area contributed by atoms with E-state index in [0.717, 1.165) is 53.2 Å². The van der Waals surface area contributed by atoms with Gasteiger partial charge in [-0.3, -0.25) is 9.59 Å². The van der Waals surface area contributed by atoms with Gasteiger partial charge in [0.15, 0.2) is 0 Å². The number of likely N-dealkylation sites (tertiary alicyclic amines) is 2. The summed E-state index contributed by atoms with van der Waals surface area (Å²) in [4.78, 5) is 28.0. The van der Waals surface area contributed by atoms with Crippen LogP contribution in [0, 0.1) is 19.3 Å². The van der Waals surface area contributed by atoms with E-state index in [4.69, 9.17) is 5.73 Å². The first-order valence-electron chi connectivity index (χ1n) is 10.4. The molecule has 1 aromatic carbocycles. The molecule has 0 radical (unpaired) electrons. The minimum absolute atomic E-state index is 0.0396. The van der Waals surface area contributed by atoms with Crippen LogP contribution in [0.1, 0.15) is 26.5 Å². The molecule has 0 unspecified atom stereocenters. The molecule has 2 aliphatic rings. The number of carbonyl (C=O) groups is 2. The number of ether oxygens (including phenoxy) is 1. The van der Waals surface area contributed by atoms with Crippen LogP contribution >= 0.6 is 11.3 Å². The van der Waals surface area contributed by atoms with E-state index in [1.807, 2.05) is 49.1 Å². The number of fused-ring (bicyclic) bond motifs is 1. The number of hydrogen-bond acceptors (Lipinski definition) is 8. The Labute approximate surface area is 191 Å². The quantitative estimate of drug-likeness (QED) is 0.606. The number of nitrogens with two attached hydrogens (primary N) is 1. The van der Waals surface area contributed by atoms with Crippen molar-refractivity contribution in [2.75, 3.05) is 39.0 Å². The molecule has 1 amide bonds. The number of anilines is 1. The molecule has 168 valence electrons. The van der Waals surface area contributed by atoms with Gasteiger partial charge in [-0.1, -0.05) is 30.3 Å². The monoisotopic (exact) mass is 453 g/mol. The minimum atomic E-state index is 0.0396. The Morgan fingerprint density at radius 2 is 1.88 bits per heavy atom. The standard InChI is InChI=1S/C15H19N5OS.C8H8O2/c1-8-9(2)17-18-13-10(8)11(16)12(22-13)14(21)20-6-15(7-20)4-19(3)5-15;9-7-10-6-8-4-2-1-3-5-8/h4-7,16H2,1-3H3;1-5,7H,6H2. The number of aromatic nitrogens is 2. The molecule has 2 aromatic heterocycles. The molecule has 0 saturated carbocycles. The molecule has 2 fully saturated rings. The first-order chi connectivity index (χ1) is 15.3. The summed E-state index contributed by atoms with van der Waals surface area (Å²) in [5.41, 5.74) is 10.0. The average Bonchev–Trinajstić information content (AvgIpc) is 3.08. The van der Waals surface area contributed by atoms with E-state index in [9.17, 15) is 9.59 Å². The van der Waals surface area contributed by atoms with Crippen molar-refractivity contribution in [1.82, 2.24) is 20.0 Å². The highest BCUT2D eigenvalue weighted by molar-refractivity contribution is 7.21.